The van der Waals surface area contributed by atoms with Gasteiger partial charge in [0.15, 0.2) is 12.4 Å². The second kappa shape index (κ2) is 5.09. The molecule has 1 aromatic rings. The van der Waals surface area contributed by atoms with Gasteiger partial charge in [-0.15, -0.1) is 0 Å². The average Bonchev–Trinajstić information content (AvgIpc) is 2.14. The third-order valence-corrected chi connectivity index (χ3v) is 1.34. The van der Waals surface area contributed by atoms with Crippen LogP contribution in [0.4, 0.5) is 0 Å². The lowest BCUT2D eigenvalue weighted by Gasteiger charge is -1.93. The van der Waals surface area contributed by atoms with Crippen LogP contribution in [0.5, 0.6) is 0 Å². The molecule has 0 saturated heterocycles. The van der Waals surface area contributed by atoms with Gasteiger partial charge in [-0.05, 0) is 12.5 Å². The van der Waals surface area contributed by atoms with Gasteiger partial charge in [0, 0.05) is 0 Å². The van der Waals surface area contributed by atoms with Crippen LogP contribution >= 0.6 is 0 Å². The number of benzene rings is 1. The monoisotopic (exact) mass is 177 g/mol. The SMILES string of the molecule is CC(=O)CO/N=C/c1ccccc1. The highest BCUT2D eigenvalue weighted by Gasteiger charge is 1.89. The van der Waals surface area contributed by atoms with Crippen LogP contribution in [0.25, 0.3) is 0 Å². The van der Waals surface area contributed by atoms with E-state index in [1.54, 1.807) is 6.21 Å². The fraction of sp³-hybridized carbons (Fsp3) is 0.200. The van der Waals surface area contributed by atoms with Gasteiger partial charge in [-0.25, -0.2) is 0 Å². The molecule has 0 heterocycles. The highest BCUT2D eigenvalue weighted by atomic mass is 16.6. The third kappa shape index (κ3) is 4.06. The van der Waals surface area contributed by atoms with Crippen molar-refractivity contribution in [1.82, 2.24) is 0 Å². The second-order valence-electron chi connectivity index (χ2n) is 2.62. The molecule has 0 aliphatic heterocycles. The third-order valence-electron chi connectivity index (χ3n) is 1.34. The number of carbonyl (C=O) groups is 1. The molecule has 0 radical (unpaired) electrons. The van der Waals surface area contributed by atoms with Crippen LogP contribution in [0.1, 0.15) is 12.5 Å². The first-order valence-electron chi connectivity index (χ1n) is 3.99. The van der Waals surface area contributed by atoms with E-state index < -0.39 is 0 Å². The summed E-state index contributed by atoms with van der Waals surface area (Å²) in [4.78, 5) is 15.2. The average molecular weight is 177 g/mol. The molecular formula is C10H11NO2. The Hall–Kier alpha value is -1.64. The Kier molecular flexibility index (Phi) is 3.70. The zero-order valence-corrected chi connectivity index (χ0v) is 7.43. The zero-order chi connectivity index (χ0) is 9.52. The standard InChI is InChI=1S/C10H11NO2/c1-9(12)8-13-11-7-10-5-3-2-4-6-10/h2-7H,8H2,1H3/b11-7+. The predicted octanol–water partition coefficient (Wildman–Crippen LogP) is 1.63. The predicted molar refractivity (Wildman–Crippen MR) is 50.7 cm³/mol. The molecule has 13 heavy (non-hydrogen) atoms. The zero-order valence-electron chi connectivity index (χ0n) is 7.43. The van der Waals surface area contributed by atoms with Crippen molar-refractivity contribution in [2.45, 2.75) is 6.92 Å². The number of hydrogen-bond acceptors (Lipinski definition) is 3. The van der Waals surface area contributed by atoms with Gasteiger partial charge in [0.25, 0.3) is 0 Å². The Morgan fingerprint density at radius 1 is 1.46 bits per heavy atom. The van der Waals surface area contributed by atoms with E-state index in [9.17, 15) is 4.79 Å². The number of hydrogen-bond donors (Lipinski definition) is 0. The molecule has 68 valence electrons. The number of ketones is 1. The van der Waals surface area contributed by atoms with Gasteiger partial charge in [-0.3, -0.25) is 4.79 Å². The van der Waals surface area contributed by atoms with Crippen LogP contribution in [0.15, 0.2) is 35.5 Å². The smallest absolute Gasteiger partial charge is 0.174 e. The maximum Gasteiger partial charge on any atom is 0.174 e. The first kappa shape index (κ1) is 9.45. The molecule has 3 nitrogen and oxygen atoms in total. The Morgan fingerprint density at radius 2 is 2.15 bits per heavy atom. The van der Waals surface area contributed by atoms with Crippen molar-refractivity contribution >= 4 is 12.0 Å². The van der Waals surface area contributed by atoms with E-state index in [0.717, 1.165) is 5.56 Å². The van der Waals surface area contributed by atoms with E-state index in [2.05, 4.69) is 5.16 Å². The van der Waals surface area contributed by atoms with Gasteiger partial charge in [-0.1, -0.05) is 35.5 Å². The summed E-state index contributed by atoms with van der Waals surface area (Å²) in [5.41, 5.74) is 0.950. The van der Waals surface area contributed by atoms with Crippen molar-refractivity contribution in [3.63, 3.8) is 0 Å². The van der Waals surface area contributed by atoms with E-state index >= 15 is 0 Å². The number of oxime groups is 1. The molecular weight excluding hydrogens is 166 g/mol. The lowest BCUT2D eigenvalue weighted by molar-refractivity contribution is -0.121. The van der Waals surface area contributed by atoms with Crippen LogP contribution in [-0.4, -0.2) is 18.6 Å². The van der Waals surface area contributed by atoms with E-state index in [0.29, 0.717) is 0 Å². The first-order valence-corrected chi connectivity index (χ1v) is 3.99. The van der Waals surface area contributed by atoms with Crippen LogP contribution in [0.2, 0.25) is 0 Å². The summed E-state index contributed by atoms with van der Waals surface area (Å²) in [7, 11) is 0. The van der Waals surface area contributed by atoms with Crippen molar-refractivity contribution in [1.29, 1.82) is 0 Å². The first-order chi connectivity index (χ1) is 6.29. The van der Waals surface area contributed by atoms with Crippen molar-refractivity contribution in [2.24, 2.45) is 5.16 Å². The summed E-state index contributed by atoms with van der Waals surface area (Å²) in [6.07, 6.45) is 1.57. The molecule has 0 amide bonds. The minimum absolute atomic E-state index is 0.0311. The minimum Gasteiger partial charge on any atom is -0.388 e. The number of nitrogens with zero attached hydrogens (tertiary/aromatic N) is 1. The van der Waals surface area contributed by atoms with Gasteiger partial charge in [0.05, 0.1) is 6.21 Å². The maximum atomic E-state index is 10.5. The highest BCUT2D eigenvalue weighted by molar-refractivity contribution is 5.79. The number of rotatable bonds is 4. The van der Waals surface area contributed by atoms with E-state index in [4.69, 9.17) is 4.84 Å². The lowest BCUT2D eigenvalue weighted by atomic mass is 10.2. The Morgan fingerprint density at radius 3 is 2.77 bits per heavy atom. The molecule has 0 atom stereocenters. The summed E-state index contributed by atoms with van der Waals surface area (Å²) in [6, 6.07) is 9.55. The molecule has 0 spiro atoms. The second-order valence-corrected chi connectivity index (χ2v) is 2.62. The largest absolute Gasteiger partial charge is 0.388 e. The highest BCUT2D eigenvalue weighted by Crippen LogP contribution is 1.93. The topological polar surface area (TPSA) is 38.7 Å². The van der Waals surface area contributed by atoms with E-state index in [1.807, 2.05) is 30.3 Å². The van der Waals surface area contributed by atoms with Crippen molar-refractivity contribution < 1.29 is 9.63 Å². The van der Waals surface area contributed by atoms with Crippen LogP contribution in [0, 0.1) is 0 Å². The number of Topliss-reactive ketones (excluding diaryl/α,β-unsaturated/α-hetero) is 1. The molecule has 0 N–H and O–H groups in total. The van der Waals surface area contributed by atoms with Gasteiger partial charge >= 0.3 is 0 Å². The molecule has 3 heteroatoms. The van der Waals surface area contributed by atoms with E-state index in [1.165, 1.54) is 6.92 Å². The summed E-state index contributed by atoms with van der Waals surface area (Å²) < 4.78 is 0. The molecule has 0 aliphatic rings. The Balaban J connectivity index is 2.37. The number of carbonyl (C=O) groups excluding carboxylic acids is 1. The quantitative estimate of drug-likeness (QED) is 0.518. The van der Waals surface area contributed by atoms with Gasteiger partial charge in [0.1, 0.15) is 0 Å². The fourth-order valence-corrected chi connectivity index (χ4v) is 0.765. The minimum atomic E-state index is -0.0368. The van der Waals surface area contributed by atoms with Gasteiger partial charge < -0.3 is 4.84 Å². The van der Waals surface area contributed by atoms with Crippen LogP contribution < -0.4 is 0 Å². The van der Waals surface area contributed by atoms with Gasteiger partial charge in [0.2, 0.25) is 0 Å². The summed E-state index contributed by atoms with van der Waals surface area (Å²) in [5.74, 6) is -0.0368. The van der Waals surface area contributed by atoms with Crippen molar-refractivity contribution in [3.05, 3.63) is 35.9 Å². The van der Waals surface area contributed by atoms with Crippen molar-refractivity contribution in [2.75, 3.05) is 6.61 Å². The summed E-state index contributed by atoms with van der Waals surface area (Å²) in [6.45, 7) is 1.49. The lowest BCUT2D eigenvalue weighted by Crippen LogP contribution is -1.99. The maximum absolute atomic E-state index is 10.5. The van der Waals surface area contributed by atoms with Crippen LogP contribution in [-0.2, 0) is 9.63 Å². The van der Waals surface area contributed by atoms with E-state index in [-0.39, 0.29) is 12.4 Å². The Bertz CT molecular complexity index is 293. The van der Waals surface area contributed by atoms with Crippen LogP contribution in [0.3, 0.4) is 0 Å². The van der Waals surface area contributed by atoms with Crippen molar-refractivity contribution in [3.8, 4) is 0 Å². The molecule has 0 aliphatic carbocycles. The molecule has 0 aromatic heterocycles. The molecule has 0 fully saturated rings. The molecule has 1 rings (SSSR count). The van der Waals surface area contributed by atoms with Gasteiger partial charge in [-0.2, -0.15) is 0 Å². The fourth-order valence-electron chi connectivity index (χ4n) is 0.765. The molecule has 0 unspecified atom stereocenters. The molecule has 0 saturated carbocycles. The molecule has 0 bridgehead atoms. The summed E-state index contributed by atoms with van der Waals surface area (Å²) >= 11 is 0. The summed E-state index contributed by atoms with van der Waals surface area (Å²) in [5, 5.41) is 3.64. The Labute approximate surface area is 77.0 Å². The normalized spacial score (nSPS) is 10.2. The molecule has 1 aromatic carbocycles.